The third-order valence-electron chi connectivity index (χ3n) is 8.44. The van der Waals surface area contributed by atoms with Crippen LogP contribution >= 0.6 is 0 Å². The van der Waals surface area contributed by atoms with Crippen LogP contribution in [0.1, 0.15) is 35.4 Å². The van der Waals surface area contributed by atoms with Gasteiger partial charge in [0.05, 0.1) is 28.7 Å². The number of rotatable bonds is 10. The van der Waals surface area contributed by atoms with Crippen LogP contribution in [0.5, 0.6) is 5.75 Å². The zero-order valence-electron chi connectivity index (χ0n) is 25.9. The maximum Gasteiger partial charge on any atom is 0.262 e. The number of carbonyl (C=O) groups excluding carboxylic acids is 2. The highest BCUT2D eigenvalue weighted by molar-refractivity contribution is 7.89. The molecule has 49 heavy (non-hydrogen) atoms. The second kappa shape index (κ2) is 14.3. The van der Waals surface area contributed by atoms with E-state index in [0.717, 1.165) is 18.3 Å². The molecule has 2 aliphatic rings. The monoisotopic (exact) mass is 697 g/mol. The molecule has 3 heterocycles. The van der Waals surface area contributed by atoms with E-state index in [9.17, 15) is 31.2 Å². The molecule has 0 radical (unpaired) electrons. The van der Waals surface area contributed by atoms with Crippen molar-refractivity contribution in [1.82, 2.24) is 14.6 Å². The Morgan fingerprint density at radius 3 is 2.49 bits per heavy atom. The lowest BCUT2D eigenvalue weighted by atomic mass is 9.88. The number of nitrogens with one attached hydrogen (secondary N) is 3. The van der Waals surface area contributed by atoms with Crippen LogP contribution in [0.2, 0.25) is 0 Å². The summed E-state index contributed by atoms with van der Waals surface area (Å²) in [5.41, 5.74) is 0.968. The molecule has 3 aromatic carbocycles. The number of sulfonamides is 1. The first-order valence-electron chi connectivity index (χ1n) is 15.4. The Hall–Kier alpha value is -4.86. The molecule has 1 fully saturated rings. The highest BCUT2D eigenvalue weighted by Crippen LogP contribution is 2.33. The lowest BCUT2D eigenvalue weighted by Gasteiger charge is -2.35. The summed E-state index contributed by atoms with van der Waals surface area (Å²) >= 11 is 0. The van der Waals surface area contributed by atoms with E-state index in [1.165, 1.54) is 53.0 Å². The number of ether oxygens (including phenoxy) is 1. The minimum absolute atomic E-state index is 0.0208. The number of amides is 2. The van der Waals surface area contributed by atoms with Crippen molar-refractivity contribution in [1.29, 1.82) is 0 Å². The summed E-state index contributed by atoms with van der Waals surface area (Å²) in [4.78, 5) is 29.0. The molecular formula is C34H31F4N5O5S. The van der Waals surface area contributed by atoms with Crippen LogP contribution in [-0.2, 0) is 26.0 Å². The number of benzene rings is 3. The molecule has 2 amide bonds. The van der Waals surface area contributed by atoms with Crippen molar-refractivity contribution < 1.29 is 40.3 Å². The molecule has 10 nitrogen and oxygen atoms in total. The first kappa shape index (κ1) is 34.0. The first-order chi connectivity index (χ1) is 23.5. The van der Waals surface area contributed by atoms with Crippen LogP contribution in [0.15, 0.2) is 78.0 Å². The van der Waals surface area contributed by atoms with Crippen LogP contribution in [0, 0.1) is 23.3 Å². The van der Waals surface area contributed by atoms with Crippen LogP contribution in [0.4, 0.5) is 28.9 Å². The average Bonchev–Trinajstić information content (AvgIpc) is 3.07. The van der Waals surface area contributed by atoms with E-state index in [2.05, 4.69) is 20.9 Å². The van der Waals surface area contributed by atoms with Crippen LogP contribution in [0.25, 0.3) is 0 Å². The van der Waals surface area contributed by atoms with Gasteiger partial charge in [0.1, 0.15) is 29.0 Å². The fourth-order valence-corrected chi connectivity index (χ4v) is 7.77. The zero-order valence-corrected chi connectivity index (χ0v) is 26.7. The van der Waals surface area contributed by atoms with E-state index in [0.29, 0.717) is 23.9 Å². The number of pyridine rings is 1. The van der Waals surface area contributed by atoms with E-state index in [4.69, 9.17) is 4.74 Å². The number of nitrogens with zero attached hydrogens (tertiary/aromatic N) is 2. The molecule has 0 aliphatic carbocycles. The molecule has 1 saturated heterocycles. The molecule has 0 unspecified atom stereocenters. The van der Waals surface area contributed by atoms with Gasteiger partial charge >= 0.3 is 0 Å². The summed E-state index contributed by atoms with van der Waals surface area (Å²) in [5, 5.41) is 8.43. The number of hydrogen-bond donors (Lipinski definition) is 3. The number of anilines is 2. The number of halogens is 4. The van der Waals surface area contributed by atoms with Gasteiger partial charge in [0, 0.05) is 49.6 Å². The zero-order chi connectivity index (χ0) is 34.7. The molecule has 6 rings (SSSR count). The molecular weight excluding hydrogens is 666 g/mol. The molecule has 2 aliphatic heterocycles. The molecule has 4 aromatic rings. The van der Waals surface area contributed by atoms with Crippen molar-refractivity contribution in [3.63, 3.8) is 0 Å². The van der Waals surface area contributed by atoms with Crippen molar-refractivity contribution in [2.45, 2.75) is 36.1 Å². The number of hydrogen-bond acceptors (Lipinski definition) is 7. The summed E-state index contributed by atoms with van der Waals surface area (Å²) in [6, 6.07) is 11.7. The molecule has 3 N–H and O–H groups in total. The summed E-state index contributed by atoms with van der Waals surface area (Å²) in [5.74, 6) is -4.49. The smallest absolute Gasteiger partial charge is 0.262 e. The normalized spacial score (nSPS) is 17.1. The van der Waals surface area contributed by atoms with E-state index in [1.54, 1.807) is 0 Å². The second-order valence-electron chi connectivity index (χ2n) is 11.7. The van der Waals surface area contributed by atoms with Crippen molar-refractivity contribution in [3.8, 4) is 5.75 Å². The third kappa shape index (κ3) is 7.74. The van der Waals surface area contributed by atoms with Gasteiger partial charge in [-0.15, -0.1) is 0 Å². The topological polar surface area (TPSA) is 130 Å². The fourth-order valence-electron chi connectivity index (χ4n) is 6.08. The van der Waals surface area contributed by atoms with Gasteiger partial charge in [-0.25, -0.2) is 26.0 Å². The number of carbonyl (C=O) groups is 2. The Morgan fingerprint density at radius 2 is 1.73 bits per heavy atom. The summed E-state index contributed by atoms with van der Waals surface area (Å²) in [6.45, 7) is 0.632. The van der Waals surface area contributed by atoms with Gasteiger partial charge < -0.3 is 20.7 Å². The van der Waals surface area contributed by atoms with E-state index in [-0.39, 0.29) is 66.4 Å². The Labute approximate surface area is 279 Å². The standard InChI is InChI=1S/C34H31F4N5O5S/c35-22-3-1-20(2-4-22)28(21-11-23(36)13-24(37)12-21)15-33(44)42-31-18-40-17-29(38)27(31)7-5-25-16-39-9-10-43(25)49(46,47)26-6-8-32-30(14-26)41-34(45)19-48-32/h1-4,6,8,11-14,17-18,25,28,39H,5,7,9-10,15-16,19H2,(H,41,45)(H,42,44)/t25-,28-/m0/s1. The molecule has 15 heteroatoms. The minimum Gasteiger partial charge on any atom is -0.482 e. The quantitative estimate of drug-likeness (QED) is 0.205. The summed E-state index contributed by atoms with van der Waals surface area (Å²) in [7, 11) is -4.05. The fraction of sp³-hybridized carbons (Fsp3) is 0.265. The van der Waals surface area contributed by atoms with Crippen LogP contribution in [-0.4, -0.2) is 61.8 Å². The van der Waals surface area contributed by atoms with Crippen LogP contribution < -0.4 is 20.7 Å². The predicted molar refractivity (Wildman–Crippen MR) is 171 cm³/mol. The van der Waals surface area contributed by atoms with Crippen molar-refractivity contribution >= 4 is 33.2 Å². The van der Waals surface area contributed by atoms with Crippen molar-refractivity contribution in [2.75, 3.05) is 36.9 Å². The number of aromatic nitrogens is 1. The third-order valence-corrected chi connectivity index (χ3v) is 10.4. The Kier molecular flexibility index (Phi) is 9.94. The number of piperazine rings is 1. The molecule has 0 spiro atoms. The Morgan fingerprint density at radius 1 is 0.980 bits per heavy atom. The van der Waals surface area contributed by atoms with E-state index < -0.39 is 57.1 Å². The maximum atomic E-state index is 15.2. The predicted octanol–water partition coefficient (Wildman–Crippen LogP) is 4.72. The summed E-state index contributed by atoms with van der Waals surface area (Å²) in [6.07, 6.45) is 2.12. The Bertz CT molecular complexity index is 1980. The van der Waals surface area contributed by atoms with Gasteiger partial charge in [-0.3, -0.25) is 14.6 Å². The van der Waals surface area contributed by atoms with Gasteiger partial charge in [-0.1, -0.05) is 12.1 Å². The molecule has 2 atom stereocenters. The lowest BCUT2D eigenvalue weighted by Crippen LogP contribution is -2.53. The van der Waals surface area contributed by atoms with Gasteiger partial charge in [-0.05, 0) is 66.4 Å². The highest BCUT2D eigenvalue weighted by atomic mass is 32.2. The molecule has 0 saturated carbocycles. The second-order valence-corrected chi connectivity index (χ2v) is 13.6. The molecule has 256 valence electrons. The van der Waals surface area contributed by atoms with Gasteiger partial charge in [-0.2, -0.15) is 4.31 Å². The molecule has 1 aromatic heterocycles. The minimum atomic E-state index is -4.05. The highest BCUT2D eigenvalue weighted by Gasteiger charge is 2.34. The van der Waals surface area contributed by atoms with E-state index in [1.807, 2.05) is 0 Å². The number of fused-ring (bicyclic) bond motifs is 1. The van der Waals surface area contributed by atoms with Crippen LogP contribution in [0.3, 0.4) is 0 Å². The molecule has 0 bridgehead atoms. The largest absolute Gasteiger partial charge is 0.482 e. The summed E-state index contributed by atoms with van der Waals surface area (Å²) < 4.78 is 91.5. The van der Waals surface area contributed by atoms with Gasteiger partial charge in [0.25, 0.3) is 5.91 Å². The van der Waals surface area contributed by atoms with E-state index >= 15 is 4.39 Å². The first-order valence-corrected chi connectivity index (χ1v) is 16.8. The Balaban J connectivity index is 1.20. The van der Waals surface area contributed by atoms with Gasteiger partial charge in [0.15, 0.2) is 6.61 Å². The maximum absolute atomic E-state index is 15.2. The van der Waals surface area contributed by atoms with Gasteiger partial charge in [0.2, 0.25) is 15.9 Å². The lowest BCUT2D eigenvalue weighted by molar-refractivity contribution is -0.118. The van der Waals surface area contributed by atoms with Crippen molar-refractivity contribution in [2.24, 2.45) is 0 Å². The average molecular weight is 698 g/mol. The van der Waals surface area contributed by atoms with Crippen molar-refractivity contribution in [3.05, 3.63) is 113 Å². The SMILES string of the molecule is O=C1COc2ccc(S(=O)(=O)N3CCNC[C@@H]3CCc3c(F)cncc3NC(=O)C[C@@H](c3ccc(F)cc3)c3cc(F)cc(F)c3)cc2N1.